The smallest absolute Gasteiger partial charge is 0.0991 e. The van der Waals surface area contributed by atoms with Crippen molar-refractivity contribution in [2.45, 2.75) is 6.10 Å². The predicted octanol–water partition coefficient (Wildman–Crippen LogP) is 0.811. The second-order valence-corrected chi connectivity index (χ2v) is 2.81. The Morgan fingerprint density at radius 1 is 1.46 bits per heavy atom. The minimum Gasteiger partial charge on any atom is -0.387 e. The van der Waals surface area contributed by atoms with Crippen LogP contribution >= 0.6 is 0 Å². The highest BCUT2D eigenvalue weighted by Crippen LogP contribution is 2.12. The monoisotopic (exact) mass is 176 g/mol. The lowest BCUT2D eigenvalue weighted by molar-refractivity contribution is 0.178. The van der Waals surface area contributed by atoms with Crippen LogP contribution in [0.15, 0.2) is 24.3 Å². The van der Waals surface area contributed by atoms with E-state index in [-0.39, 0.29) is 0 Å². The van der Waals surface area contributed by atoms with Crippen LogP contribution in [0.1, 0.15) is 17.2 Å². The standard InChI is InChI=1S/C10H12N2O/c1-12-7-10(13)9-4-2-8(6-11)3-5-9/h2-5,10,12-13H,7H2,1H3. The summed E-state index contributed by atoms with van der Waals surface area (Å²) in [6.07, 6.45) is -0.502. The molecule has 3 nitrogen and oxygen atoms in total. The molecule has 0 saturated heterocycles. The first-order valence-corrected chi connectivity index (χ1v) is 4.10. The van der Waals surface area contributed by atoms with Gasteiger partial charge in [0.05, 0.1) is 17.7 Å². The molecule has 13 heavy (non-hydrogen) atoms. The van der Waals surface area contributed by atoms with Crippen LogP contribution in [0.2, 0.25) is 0 Å². The van der Waals surface area contributed by atoms with Crippen molar-refractivity contribution in [3.8, 4) is 6.07 Å². The molecule has 0 saturated carbocycles. The number of aliphatic hydroxyl groups is 1. The number of hydrogen-bond acceptors (Lipinski definition) is 3. The summed E-state index contributed by atoms with van der Waals surface area (Å²) in [6.45, 7) is 0.520. The van der Waals surface area contributed by atoms with E-state index >= 15 is 0 Å². The molecule has 2 N–H and O–H groups in total. The number of rotatable bonds is 3. The van der Waals surface area contributed by atoms with E-state index in [2.05, 4.69) is 5.32 Å². The third kappa shape index (κ3) is 2.55. The van der Waals surface area contributed by atoms with Gasteiger partial charge in [-0.3, -0.25) is 0 Å². The third-order valence-electron chi connectivity index (χ3n) is 1.82. The molecule has 1 aromatic rings. The molecule has 0 aliphatic carbocycles. The van der Waals surface area contributed by atoms with Gasteiger partial charge in [-0.1, -0.05) is 12.1 Å². The topological polar surface area (TPSA) is 56.0 Å². The van der Waals surface area contributed by atoms with Crippen molar-refractivity contribution < 1.29 is 5.11 Å². The fourth-order valence-electron chi connectivity index (χ4n) is 1.09. The fourth-order valence-corrected chi connectivity index (χ4v) is 1.09. The molecule has 0 fully saturated rings. The van der Waals surface area contributed by atoms with Gasteiger partial charge in [-0.2, -0.15) is 5.26 Å². The summed E-state index contributed by atoms with van der Waals surface area (Å²) in [6, 6.07) is 8.96. The SMILES string of the molecule is CNCC(O)c1ccc(C#N)cc1. The van der Waals surface area contributed by atoms with Gasteiger partial charge in [-0.25, -0.2) is 0 Å². The summed E-state index contributed by atoms with van der Waals surface area (Å²) in [4.78, 5) is 0. The van der Waals surface area contributed by atoms with Crippen LogP contribution in [0.4, 0.5) is 0 Å². The van der Waals surface area contributed by atoms with E-state index in [1.54, 1.807) is 31.3 Å². The molecule has 3 heteroatoms. The first kappa shape index (κ1) is 9.72. The second kappa shape index (κ2) is 4.61. The van der Waals surface area contributed by atoms with Crippen molar-refractivity contribution in [3.05, 3.63) is 35.4 Å². The molecule has 1 unspecified atom stereocenters. The molecule has 68 valence electrons. The Morgan fingerprint density at radius 2 is 2.08 bits per heavy atom. The normalized spacial score (nSPS) is 12.1. The molecule has 0 heterocycles. The number of hydrogen-bond donors (Lipinski definition) is 2. The highest BCUT2D eigenvalue weighted by atomic mass is 16.3. The maximum atomic E-state index is 9.54. The van der Waals surface area contributed by atoms with Crippen LogP contribution in [0.3, 0.4) is 0 Å². The quantitative estimate of drug-likeness (QED) is 0.716. The van der Waals surface area contributed by atoms with Crippen molar-refractivity contribution >= 4 is 0 Å². The van der Waals surface area contributed by atoms with E-state index in [1.807, 2.05) is 6.07 Å². The molecule has 1 rings (SSSR count). The van der Waals surface area contributed by atoms with E-state index in [0.717, 1.165) is 5.56 Å². The first-order valence-electron chi connectivity index (χ1n) is 4.10. The molecule has 0 aromatic heterocycles. The predicted molar refractivity (Wildman–Crippen MR) is 50.0 cm³/mol. The van der Waals surface area contributed by atoms with Gasteiger partial charge in [-0.05, 0) is 24.7 Å². The van der Waals surface area contributed by atoms with E-state index < -0.39 is 6.10 Å². The van der Waals surface area contributed by atoms with E-state index in [4.69, 9.17) is 5.26 Å². The van der Waals surface area contributed by atoms with Crippen LogP contribution in [0.25, 0.3) is 0 Å². The molecule has 1 aromatic carbocycles. The lowest BCUT2D eigenvalue weighted by Gasteiger charge is -2.09. The Balaban J connectivity index is 2.75. The Bertz CT molecular complexity index is 300. The Hall–Kier alpha value is -1.37. The van der Waals surface area contributed by atoms with E-state index in [1.165, 1.54) is 0 Å². The van der Waals surface area contributed by atoms with Gasteiger partial charge in [-0.15, -0.1) is 0 Å². The molecule has 0 bridgehead atoms. The Labute approximate surface area is 77.6 Å². The van der Waals surface area contributed by atoms with Crippen LogP contribution in [0.5, 0.6) is 0 Å². The number of nitrogens with zero attached hydrogens (tertiary/aromatic N) is 1. The summed E-state index contributed by atoms with van der Waals surface area (Å²) in [5.41, 5.74) is 1.44. The lowest BCUT2D eigenvalue weighted by atomic mass is 10.1. The maximum absolute atomic E-state index is 9.54. The van der Waals surface area contributed by atoms with Crippen LogP contribution in [-0.4, -0.2) is 18.7 Å². The summed E-state index contributed by atoms with van der Waals surface area (Å²) >= 11 is 0. The number of nitriles is 1. The van der Waals surface area contributed by atoms with Gasteiger partial charge >= 0.3 is 0 Å². The van der Waals surface area contributed by atoms with Crippen LogP contribution < -0.4 is 5.32 Å². The number of nitrogens with one attached hydrogen (secondary N) is 1. The summed E-state index contributed by atoms with van der Waals surface area (Å²) in [7, 11) is 1.78. The zero-order valence-corrected chi connectivity index (χ0v) is 7.49. The van der Waals surface area contributed by atoms with Crippen LogP contribution in [0, 0.1) is 11.3 Å². The average molecular weight is 176 g/mol. The molecule has 0 radical (unpaired) electrons. The lowest BCUT2D eigenvalue weighted by Crippen LogP contribution is -2.16. The van der Waals surface area contributed by atoms with Gasteiger partial charge < -0.3 is 10.4 Å². The van der Waals surface area contributed by atoms with Crippen molar-refractivity contribution in [3.63, 3.8) is 0 Å². The largest absolute Gasteiger partial charge is 0.387 e. The van der Waals surface area contributed by atoms with Gasteiger partial charge in [0.1, 0.15) is 0 Å². The Morgan fingerprint density at radius 3 is 2.54 bits per heavy atom. The molecular formula is C10H12N2O. The number of benzene rings is 1. The fraction of sp³-hybridized carbons (Fsp3) is 0.300. The Kier molecular flexibility index (Phi) is 3.44. The van der Waals surface area contributed by atoms with E-state index in [0.29, 0.717) is 12.1 Å². The summed E-state index contributed by atoms with van der Waals surface area (Å²) in [5.74, 6) is 0. The average Bonchev–Trinajstić information content (AvgIpc) is 2.18. The molecule has 0 aliphatic heterocycles. The number of likely N-dealkylation sites (N-methyl/N-ethyl adjacent to an activating group) is 1. The third-order valence-corrected chi connectivity index (χ3v) is 1.82. The molecule has 0 amide bonds. The number of aliphatic hydroxyl groups excluding tert-OH is 1. The van der Waals surface area contributed by atoms with Gasteiger partial charge in [0.15, 0.2) is 0 Å². The molecular weight excluding hydrogens is 164 g/mol. The first-order chi connectivity index (χ1) is 6.27. The minimum atomic E-state index is -0.502. The van der Waals surface area contributed by atoms with Gasteiger partial charge in [0, 0.05) is 6.54 Å². The van der Waals surface area contributed by atoms with Crippen molar-refractivity contribution in [2.24, 2.45) is 0 Å². The van der Waals surface area contributed by atoms with Crippen molar-refractivity contribution in [1.29, 1.82) is 5.26 Å². The zero-order chi connectivity index (χ0) is 9.68. The second-order valence-electron chi connectivity index (χ2n) is 2.81. The van der Waals surface area contributed by atoms with Crippen LogP contribution in [-0.2, 0) is 0 Å². The van der Waals surface area contributed by atoms with Crippen molar-refractivity contribution in [2.75, 3.05) is 13.6 Å². The molecule has 0 aliphatic rings. The molecule has 1 atom stereocenters. The highest BCUT2D eigenvalue weighted by Gasteiger charge is 2.04. The maximum Gasteiger partial charge on any atom is 0.0991 e. The zero-order valence-electron chi connectivity index (χ0n) is 7.49. The van der Waals surface area contributed by atoms with Gasteiger partial charge in [0.2, 0.25) is 0 Å². The summed E-state index contributed by atoms with van der Waals surface area (Å²) < 4.78 is 0. The van der Waals surface area contributed by atoms with Gasteiger partial charge in [0.25, 0.3) is 0 Å². The summed E-state index contributed by atoms with van der Waals surface area (Å²) in [5, 5.41) is 21.0. The van der Waals surface area contributed by atoms with Crippen molar-refractivity contribution in [1.82, 2.24) is 5.32 Å². The minimum absolute atomic E-state index is 0.502. The highest BCUT2D eigenvalue weighted by molar-refractivity contribution is 5.32. The molecule has 0 spiro atoms. The van der Waals surface area contributed by atoms with E-state index in [9.17, 15) is 5.11 Å².